The Morgan fingerprint density at radius 3 is 2.12 bits per heavy atom. The highest BCUT2D eigenvalue weighted by Gasteiger charge is 2.33. The van der Waals surface area contributed by atoms with Crippen LogP contribution in [0.3, 0.4) is 0 Å². The van der Waals surface area contributed by atoms with Crippen LogP contribution in [0.15, 0.2) is 84.9 Å². The minimum absolute atomic E-state index is 0.0634. The van der Waals surface area contributed by atoms with Gasteiger partial charge in [0.2, 0.25) is 0 Å². The van der Waals surface area contributed by atoms with Gasteiger partial charge < -0.3 is 4.74 Å². The summed E-state index contributed by atoms with van der Waals surface area (Å²) in [4.78, 5) is 0. The molecule has 1 heteroatoms. The topological polar surface area (TPSA) is 9.23 Å². The molecule has 0 unspecified atom stereocenters. The van der Waals surface area contributed by atoms with Crippen molar-refractivity contribution in [2.75, 3.05) is 0 Å². The Morgan fingerprint density at radius 2 is 1.23 bits per heavy atom. The second kappa shape index (κ2) is 5.47. The van der Waals surface area contributed by atoms with E-state index in [1.165, 1.54) is 33.0 Å². The van der Waals surface area contributed by atoms with Gasteiger partial charge in [-0.05, 0) is 40.1 Å². The van der Waals surface area contributed by atoms with Crippen LogP contribution in [0.25, 0.3) is 21.9 Å². The highest BCUT2D eigenvalue weighted by Crippen LogP contribution is 2.48. The maximum Gasteiger partial charge on any atom is 0.132 e. The Kier molecular flexibility index (Phi) is 3.20. The van der Waals surface area contributed by atoms with E-state index in [9.17, 15) is 0 Å². The second-order valence-electron chi connectivity index (χ2n) is 7.50. The molecule has 4 aromatic carbocycles. The van der Waals surface area contributed by atoms with Gasteiger partial charge in [-0.25, -0.2) is 0 Å². The van der Waals surface area contributed by atoms with Crippen molar-refractivity contribution in [1.29, 1.82) is 0 Å². The zero-order valence-corrected chi connectivity index (χ0v) is 15.0. The number of benzene rings is 4. The first-order valence-electron chi connectivity index (χ1n) is 9.04. The number of fused-ring (bicyclic) bond motifs is 3. The quantitative estimate of drug-likeness (QED) is 0.366. The van der Waals surface area contributed by atoms with Gasteiger partial charge >= 0.3 is 0 Å². The van der Waals surface area contributed by atoms with Crippen LogP contribution in [0.5, 0.6) is 11.5 Å². The van der Waals surface area contributed by atoms with E-state index in [2.05, 4.69) is 92.7 Å². The van der Waals surface area contributed by atoms with Crippen molar-refractivity contribution >= 4 is 10.8 Å². The van der Waals surface area contributed by atoms with Crippen molar-refractivity contribution < 1.29 is 4.74 Å². The summed E-state index contributed by atoms with van der Waals surface area (Å²) in [5, 5.41) is 2.52. The van der Waals surface area contributed by atoms with Crippen molar-refractivity contribution in [2.24, 2.45) is 0 Å². The van der Waals surface area contributed by atoms with Gasteiger partial charge in [0.15, 0.2) is 0 Å². The summed E-state index contributed by atoms with van der Waals surface area (Å²) in [5.41, 5.74) is 4.81. The van der Waals surface area contributed by atoms with Gasteiger partial charge in [0.05, 0.1) is 0 Å². The Balaban J connectivity index is 1.64. The number of para-hydroxylation sites is 1. The number of rotatable bonds is 1. The first kappa shape index (κ1) is 15.2. The molecule has 4 aromatic rings. The molecule has 5 rings (SSSR count). The van der Waals surface area contributed by atoms with Crippen molar-refractivity contribution in [3.8, 4) is 22.6 Å². The molecule has 0 bridgehead atoms. The lowest BCUT2D eigenvalue weighted by Crippen LogP contribution is -2.24. The molecular weight excluding hydrogens is 316 g/mol. The Labute approximate surface area is 153 Å². The fourth-order valence-corrected chi connectivity index (χ4v) is 4.01. The van der Waals surface area contributed by atoms with Gasteiger partial charge in [-0.3, -0.25) is 0 Å². The number of hydrogen-bond donors (Lipinski definition) is 0. The van der Waals surface area contributed by atoms with Crippen LogP contribution < -0.4 is 4.74 Å². The van der Waals surface area contributed by atoms with Crippen LogP contribution in [0.1, 0.15) is 25.0 Å². The highest BCUT2D eigenvalue weighted by atomic mass is 16.5. The minimum Gasteiger partial charge on any atom is -0.457 e. The van der Waals surface area contributed by atoms with E-state index in [1.54, 1.807) is 0 Å². The molecule has 0 fully saturated rings. The van der Waals surface area contributed by atoms with Gasteiger partial charge in [-0.1, -0.05) is 80.6 Å². The normalized spacial score (nSPS) is 14.4. The molecule has 1 aliphatic heterocycles. The van der Waals surface area contributed by atoms with E-state index in [1.807, 2.05) is 6.07 Å². The maximum atomic E-state index is 6.26. The van der Waals surface area contributed by atoms with Crippen LogP contribution in [0.4, 0.5) is 0 Å². The Morgan fingerprint density at radius 1 is 0.577 bits per heavy atom. The molecule has 0 aliphatic carbocycles. The van der Waals surface area contributed by atoms with Gasteiger partial charge in [-0.2, -0.15) is 0 Å². The largest absolute Gasteiger partial charge is 0.457 e. The summed E-state index contributed by atoms with van der Waals surface area (Å²) < 4.78 is 6.26. The smallest absolute Gasteiger partial charge is 0.132 e. The van der Waals surface area contributed by atoms with E-state index in [4.69, 9.17) is 4.74 Å². The predicted molar refractivity (Wildman–Crippen MR) is 108 cm³/mol. The zero-order valence-electron chi connectivity index (χ0n) is 15.0. The lowest BCUT2D eigenvalue weighted by molar-refractivity contribution is 0.418. The lowest BCUT2D eigenvalue weighted by Gasteiger charge is -2.34. The second-order valence-corrected chi connectivity index (χ2v) is 7.50. The van der Waals surface area contributed by atoms with Crippen molar-refractivity contribution in [1.82, 2.24) is 0 Å². The summed E-state index contributed by atoms with van der Waals surface area (Å²) in [6.45, 7) is 4.53. The van der Waals surface area contributed by atoms with Gasteiger partial charge in [0.1, 0.15) is 11.5 Å². The average molecular weight is 336 g/mol. The van der Waals surface area contributed by atoms with Crippen LogP contribution in [0, 0.1) is 0 Å². The molecule has 0 spiro atoms. The summed E-state index contributed by atoms with van der Waals surface area (Å²) in [6.07, 6.45) is 0. The number of ether oxygens (including phenoxy) is 1. The first-order valence-corrected chi connectivity index (χ1v) is 9.04. The summed E-state index contributed by atoms with van der Waals surface area (Å²) in [5.74, 6) is 1.92. The van der Waals surface area contributed by atoms with Gasteiger partial charge in [-0.15, -0.1) is 0 Å². The maximum absolute atomic E-state index is 6.26. The molecular formula is C25H20O. The molecule has 0 N–H and O–H groups in total. The Hall–Kier alpha value is -3.06. The first-order chi connectivity index (χ1) is 12.6. The van der Waals surface area contributed by atoms with Crippen molar-refractivity contribution in [3.05, 3.63) is 96.1 Å². The molecule has 0 saturated heterocycles. The average Bonchev–Trinajstić information content (AvgIpc) is 2.67. The summed E-state index contributed by atoms with van der Waals surface area (Å²) in [6, 6.07) is 30.0. The summed E-state index contributed by atoms with van der Waals surface area (Å²) >= 11 is 0. The number of hydrogen-bond acceptors (Lipinski definition) is 1. The van der Waals surface area contributed by atoms with E-state index >= 15 is 0 Å². The van der Waals surface area contributed by atoms with E-state index < -0.39 is 0 Å². The van der Waals surface area contributed by atoms with E-state index in [-0.39, 0.29) is 5.41 Å². The van der Waals surface area contributed by atoms with Crippen molar-refractivity contribution in [2.45, 2.75) is 19.3 Å². The SMILES string of the molecule is CC1(C)c2ccccc2Oc2cc(-c3ccc4ccccc4c3)ccc21. The van der Waals surface area contributed by atoms with Crippen LogP contribution >= 0.6 is 0 Å². The van der Waals surface area contributed by atoms with Crippen molar-refractivity contribution in [3.63, 3.8) is 0 Å². The van der Waals surface area contributed by atoms with Gasteiger partial charge in [0, 0.05) is 16.5 Å². The molecule has 0 saturated carbocycles. The molecule has 26 heavy (non-hydrogen) atoms. The van der Waals surface area contributed by atoms with E-state index in [0.29, 0.717) is 0 Å². The molecule has 1 nitrogen and oxygen atoms in total. The fraction of sp³-hybridized carbons (Fsp3) is 0.120. The molecule has 0 radical (unpaired) electrons. The van der Waals surface area contributed by atoms with Gasteiger partial charge in [0.25, 0.3) is 0 Å². The molecule has 126 valence electrons. The monoisotopic (exact) mass is 336 g/mol. The third kappa shape index (κ3) is 2.24. The predicted octanol–water partition coefficient (Wildman–Crippen LogP) is 6.94. The zero-order chi connectivity index (χ0) is 17.7. The molecule has 1 heterocycles. The van der Waals surface area contributed by atoms with Crippen LogP contribution in [0.2, 0.25) is 0 Å². The lowest BCUT2D eigenvalue weighted by atomic mass is 9.75. The third-order valence-electron chi connectivity index (χ3n) is 5.52. The molecule has 0 atom stereocenters. The van der Waals surface area contributed by atoms with Crippen LogP contribution in [-0.4, -0.2) is 0 Å². The molecule has 1 aliphatic rings. The Bertz CT molecular complexity index is 1140. The fourth-order valence-electron chi connectivity index (χ4n) is 4.01. The standard InChI is InChI=1S/C25H20O/c1-25(2)21-9-5-6-10-23(21)26-24-16-20(13-14-22(24)25)19-12-11-17-7-3-4-8-18(17)15-19/h3-16H,1-2H3. The molecule has 0 amide bonds. The highest BCUT2D eigenvalue weighted by molar-refractivity contribution is 5.87. The molecule has 0 aromatic heterocycles. The summed E-state index contributed by atoms with van der Waals surface area (Å²) in [7, 11) is 0. The third-order valence-corrected chi connectivity index (χ3v) is 5.52. The van der Waals surface area contributed by atoms with Crippen LogP contribution in [-0.2, 0) is 5.41 Å². The minimum atomic E-state index is -0.0634. The van der Waals surface area contributed by atoms with E-state index in [0.717, 1.165) is 11.5 Å².